The third-order valence-electron chi connectivity index (χ3n) is 4.85. The fourth-order valence-corrected chi connectivity index (χ4v) is 2.97. The van der Waals surface area contributed by atoms with Crippen LogP contribution in [0.1, 0.15) is 59.8 Å². The number of hydrogen-bond acceptors (Lipinski definition) is 7. The van der Waals surface area contributed by atoms with E-state index < -0.39 is 72.1 Å². The molecule has 0 aromatic rings. The van der Waals surface area contributed by atoms with Gasteiger partial charge in [0, 0.05) is 12.8 Å². The van der Waals surface area contributed by atoms with Gasteiger partial charge >= 0.3 is 17.9 Å². The van der Waals surface area contributed by atoms with Crippen molar-refractivity contribution in [2.24, 2.45) is 17.6 Å². The van der Waals surface area contributed by atoms with Crippen molar-refractivity contribution in [3.05, 3.63) is 0 Å². The third kappa shape index (κ3) is 12.1. The molecule has 0 spiro atoms. The van der Waals surface area contributed by atoms with E-state index in [1.165, 1.54) is 0 Å². The molecule has 0 bridgehead atoms. The van der Waals surface area contributed by atoms with Gasteiger partial charge in [0.15, 0.2) is 0 Å². The maximum atomic E-state index is 12.9. The summed E-state index contributed by atoms with van der Waals surface area (Å²) in [6.45, 7) is 6.86. The van der Waals surface area contributed by atoms with Gasteiger partial charge in [-0.05, 0) is 31.1 Å². The second-order valence-electron chi connectivity index (χ2n) is 8.79. The van der Waals surface area contributed by atoms with Crippen LogP contribution in [0, 0.1) is 11.8 Å². The Labute approximate surface area is 197 Å². The zero-order chi connectivity index (χ0) is 26.6. The molecule has 0 aliphatic rings. The summed E-state index contributed by atoms with van der Waals surface area (Å²) < 4.78 is 0. The number of nitrogens with one attached hydrogen (secondary N) is 3. The molecule has 4 unspecified atom stereocenters. The first kappa shape index (κ1) is 30.8. The van der Waals surface area contributed by atoms with Gasteiger partial charge in [0.2, 0.25) is 17.7 Å². The molecule has 0 aromatic heterocycles. The van der Waals surface area contributed by atoms with Gasteiger partial charge < -0.3 is 37.0 Å². The number of aliphatic carboxylic acids is 3. The number of rotatable bonds is 16. The number of hydrogen-bond donors (Lipinski definition) is 7. The van der Waals surface area contributed by atoms with Gasteiger partial charge in [0.25, 0.3) is 0 Å². The Kier molecular flexibility index (Phi) is 13.4. The standard InChI is InChI=1S/C21H36N4O9/c1-10(2)9-14(24-18(30)12(22)5-7-15(26)27)19(31)25-17(11(3)4)20(32)23-13(21(33)34)6-8-16(28)29/h10-14,17H,5-9,22H2,1-4H3,(H,23,32)(H,24,30)(H,25,31)(H,26,27)(H,28,29)(H,33,34). The molecule has 8 N–H and O–H groups in total. The van der Waals surface area contributed by atoms with E-state index in [9.17, 15) is 33.9 Å². The van der Waals surface area contributed by atoms with E-state index in [4.69, 9.17) is 15.9 Å². The Morgan fingerprint density at radius 2 is 1.21 bits per heavy atom. The Balaban J connectivity index is 5.40. The van der Waals surface area contributed by atoms with Crippen LogP contribution in [-0.2, 0) is 28.8 Å². The van der Waals surface area contributed by atoms with Crippen LogP contribution in [0.5, 0.6) is 0 Å². The molecule has 0 saturated carbocycles. The molecular formula is C21H36N4O9. The molecule has 0 fully saturated rings. The van der Waals surface area contributed by atoms with Gasteiger partial charge in [0.1, 0.15) is 18.1 Å². The average Bonchev–Trinajstić information content (AvgIpc) is 2.71. The van der Waals surface area contributed by atoms with E-state index >= 15 is 0 Å². The maximum Gasteiger partial charge on any atom is 0.326 e. The third-order valence-corrected chi connectivity index (χ3v) is 4.85. The summed E-state index contributed by atoms with van der Waals surface area (Å²) in [5.41, 5.74) is 5.71. The van der Waals surface area contributed by atoms with Gasteiger partial charge in [-0.3, -0.25) is 24.0 Å². The van der Waals surface area contributed by atoms with E-state index in [0.29, 0.717) is 0 Å². The number of carboxylic acids is 3. The molecule has 0 aliphatic carbocycles. The van der Waals surface area contributed by atoms with E-state index in [2.05, 4.69) is 16.0 Å². The fourth-order valence-electron chi connectivity index (χ4n) is 2.97. The molecule has 0 aromatic carbocycles. The molecule has 13 nitrogen and oxygen atoms in total. The van der Waals surface area contributed by atoms with Crippen molar-refractivity contribution >= 4 is 35.6 Å². The molecule has 0 rings (SSSR count). The highest BCUT2D eigenvalue weighted by Crippen LogP contribution is 2.10. The topological polar surface area (TPSA) is 225 Å². The molecule has 194 valence electrons. The second-order valence-corrected chi connectivity index (χ2v) is 8.79. The van der Waals surface area contributed by atoms with Gasteiger partial charge in [-0.1, -0.05) is 27.7 Å². The highest BCUT2D eigenvalue weighted by Gasteiger charge is 2.32. The predicted octanol–water partition coefficient (Wildman–Crippen LogP) is -0.716. The predicted molar refractivity (Wildman–Crippen MR) is 119 cm³/mol. The number of nitrogens with two attached hydrogens (primary N) is 1. The SMILES string of the molecule is CC(C)CC(NC(=O)C(N)CCC(=O)O)C(=O)NC(C(=O)NC(CCC(=O)O)C(=O)O)C(C)C. The van der Waals surface area contributed by atoms with Gasteiger partial charge in [0.05, 0.1) is 6.04 Å². The van der Waals surface area contributed by atoms with Crippen molar-refractivity contribution in [2.45, 2.75) is 84.0 Å². The minimum atomic E-state index is -1.46. The number of carbonyl (C=O) groups excluding carboxylic acids is 3. The number of carboxylic acid groups (broad SMARTS) is 3. The molecular weight excluding hydrogens is 452 g/mol. The van der Waals surface area contributed by atoms with E-state index in [-0.39, 0.29) is 31.6 Å². The van der Waals surface area contributed by atoms with Crippen LogP contribution in [0.2, 0.25) is 0 Å². The highest BCUT2D eigenvalue weighted by atomic mass is 16.4. The smallest absolute Gasteiger partial charge is 0.326 e. The molecule has 0 radical (unpaired) electrons. The first-order valence-corrected chi connectivity index (χ1v) is 11.0. The summed E-state index contributed by atoms with van der Waals surface area (Å²) in [4.78, 5) is 70.8. The van der Waals surface area contributed by atoms with Crippen molar-refractivity contribution in [1.29, 1.82) is 0 Å². The van der Waals surface area contributed by atoms with Gasteiger partial charge in [-0.15, -0.1) is 0 Å². The second kappa shape index (κ2) is 14.8. The number of amides is 3. The van der Waals surface area contributed by atoms with Crippen LogP contribution in [0.25, 0.3) is 0 Å². The van der Waals surface area contributed by atoms with Crippen LogP contribution < -0.4 is 21.7 Å². The first-order valence-electron chi connectivity index (χ1n) is 11.0. The van der Waals surface area contributed by atoms with Crippen molar-refractivity contribution < 1.29 is 44.1 Å². The molecule has 34 heavy (non-hydrogen) atoms. The van der Waals surface area contributed by atoms with Crippen LogP contribution in [-0.4, -0.2) is 75.1 Å². The Morgan fingerprint density at radius 3 is 1.65 bits per heavy atom. The molecule has 13 heteroatoms. The normalized spacial score (nSPS) is 14.6. The summed E-state index contributed by atoms with van der Waals surface area (Å²) in [5, 5.41) is 34.0. The minimum Gasteiger partial charge on any atom is -0.481 e. The highest BCUT2D eigenvalue weighted by molar-refractivity contribution is 5.94. The summed E-state index contributed by atoms with van der Waals surface area (Å²) in [6, 6.07) is -4.83. The summed E-state index contributed by atoms with van der Waals surface area (Å²) in [7, 11) is 0. The molecule has 0 aliphatic heterocycles. The average molecular weight is 489 g/mol. The van der Waals surface area contributed by atoms with Crippen molar-refractivity contribution in [3.8, 4) is 0 Å². The van der Waals surface area contributed by atoms with Crippen molar-refractivity contribution in [3.63, 3.8) is 0 Å². The lowest BCUT2D eigenvalue weighted by atomic mass is 9.99. The summed E-state index contributed by atoms with van der Waals surface area (Å²) >= 11 is 0. The Bertz CT molecular complexity index is 755. The minimum absolute atomic E-state index is 0.0370. The van der Waals surface area contributed by atoms with Crippen LogP contribution >= 0.6 is 0 Å². The van der Waals surface area contributed by atoms with Crippen molar-refractivity contribution in [2.75, 3.05) is 0 Å². The Hall–Kier alpha value is -3.22. The van der Waals surface area contributed by atoms with E-state index in [1.54, 1.807) is 13.8 Å². The van der Waals surface area contributed by atoms with Gasteiger partial charge in [-0.25, -0.2) is 4.79 Å². The zero-order valence-electron chi connectivity index (χ0n) is 19.9. The van der Waals surface area contributed by atoms with Crippen LogP contribution in [0.4, 0.5) is 0 Å². The lowest BCUT2D eigenvalue weighted by Crippen LogP contribution is -2.58. The van der Waals surface area contributed by atoms with Gasteiger partial charge in [-0.2, -0.15) is 0 Å². The zero-order valence-corrected chi connectivity index (χ0v) is 19.9. The Morgan fingerprint density at radius 1 is 0.706 bits per heavy atom. The number of carbonyl (C=O) groups is 6. The molecule has 0 heterocycles. The van der Waals surface area contributed by atoms with Crippen LogP contribution in [0.15, 0.2) is 0 Å². The fraction of sp³-hybridized carbons (Fsp3) is 0.714. The quantitative estimate of drug-likeness (QED) is 0.144. The summed E-state index contributed by atoms with van der Waals surface area (Å²) in [6.07, 6.45) is -1.05. The van der Waals surface area contributed by atoms with E-state index in [0.717, 1.165) is 0 Å². The lowest BCUT2D eigenvalue weighted by molar-refractivity contribution is -0.144. The van der Waals surface area contributed by atoms with Crippen molar-refractivity contribution in [1.82, 2.24) is 16.0 Å². The maximum absolute atomic E-state index is 12.9. The van der Waals surface area contributed by atoms with E-state index in [1.807, 2.05) is 13.8 Å². The summed E-state index contributed by atoms with van der Waals surface area (Å²) in [5.74, 6) is -6.48. The molecule has 3 amide bonds. The monoisotopic (exact) mass is 488 g/mol. The molecule has 0 saturated heterocycles. The first-order chi connectivity index (χ1) is 15.6. The largest absolute Gasteiger partial charge is 0.481 e. The molecule has 4 atom stereocenters. The lowest BCUT2D eigenvalue weighted by Gasteiger charge is -2.27. The van der Waals surface area contributed by atoms with Crippen LogP contribution in [0.3, 0.4) is 0 Å².